The number of carbonyl (C=O) groups is 4. The maximum Gasteiger partial charge on any atom is 0.272 e. The maximum atomic E-state index is 13.4. The van der Waals surface area contributed by atoms with Crippen molar-refractivity contribution in [2.75, 3.05) is 32.7 Å². The van der Waals surface area contributed by atoms with Gasteiger partial charge in [-0.2, -0.15) is 5.10 Å². The Morgan fingerprint density at radius 1 is 1.07 bits per heavy atom. The van der Waals surface area contributed by atoms with Gasteiger partial charge in [0, 0.05) is 64.0 Å². The highest BCUT2D eigenvalue weighted by molar-refractivity contribution is 5.94. The number of hydrogen-bond acceptors (Lipinski definition) is 6. The zero-order valence-electron chi connectivity index (χ0n) is 24.2. The Balaban J connectivity index is 1.38. The Bertz CT molecular complexity index is 1450. The second-order valence-electron chi connectivity index (χ2n) is 11.0. The van der Waals surface area contributed by atoms with Crippen LogP contribution in [0.5, 0.6) is 0 Å². The van der Waals surface area contributed by atoms with Crippen molar-refractivity contribution in [2.45, 2.75) is 44.6 Å². The third-order valence-electron chi connectivity index (χ3n) is 8.04. The highest BCUT2D eigenvalue weighted by atomic mass is 16.2. The van der Waals surface area contributed by atoms with E-state index in [9.17, 15) is 19.2 Å². The van der Waals surface area contributed by atoms with E-state index in [-0.39, 0.29) is 55.7 Å². The highest BCUT2D eigenvalue weighted by Gasteiger charge is 2.30. The summed E-state index contributed by atoms with van der Waals surface area (Å²) in [7, 11) is 3.57. The fourth-order valence-corrected chi connectivity index (χ4v) is 5.75. The number of imidazole rings is 1. The molecule has 3 heterocycles. The van der Waals surface area contributed by atoms with Gasteiger partial charge in [-0.3, -0.25) is 23.9 Å². The normalized spacial score (nSPS) is 18.8. The first-order valence-corrected chi connectivity index (χ1v) is 14.5. The molecule has 0 saturated carbocycles. The second-order valence-corrected chi connectivity index (χ2v) is 11.0. The number of amides is 4. The van der Waals surface area contributed by atoms with Crippen LogP contribution in [0.2, 0.25) is 0 Å². The van der Waals surface area contributed by atoms with Crippen molar-refractivity contribution in [1.82, 2.24) is 39.8 Å². The van der Waals surface area contributed by atoms with Crippen molar-refractivity contribution < 1.29 is 19.2 Å². The molecule has 4 amide bonds. The predicted molar refractivity (Wildman–Crippen MR) is 155 cm³/mol. The number of nitrogens with one attached hydrogen (secondary N) is 2. The van der Waals surface area contributed by atoms with Crippen molar-refractivity contribution in [1.29, 1.82) is 0 Å². The highest BCUT2D eigenvalue weighted by Crippen LogP contribution is 2.24. The van der Waals surface area contributed by atoms with E-state index >= 15 is 0 Å². The smallest absolute Gasteiger partial charge is 0.272 e. The van der Waals surface area contributed by atoms with Gasteiger partial charge in [0.15, 0.2) is 5.69 Å². The van der Waals surface area contributed by atoms with Crippen LogP contribution in [-0.4, -0.2) is 91.5 Å². The van der Waals surface area contributed by atoms with E-state index in [1.54, 1.807) is 32.4 Å². The summed E-state index contributed by atoms with van der Waals surface area (Å²) >= 11 is 0. The minimum atomic E-state index is -0.307. The van der Waals surface area contributed by atoms with Crippen LogP contribution >= 0.6 is 0 Å². The number of aryl methyl sites for hydroxylation is 2. The zero-order valence-corrected chi connectivity index (χ0v) is 24.2. The minimum Gasteiger partial charge on any atom is -0.351 e. The fraction of sp³-hybridized carbons (Fsp3) is 0.467. The van der Waals surface area contributed by atoms with Gasteiger partial charge in [-0.1, -0.05) is 30.3 Å². The van der Waals surface area contributed by atoms with Gasteiger partial charge in [0.05, 0.1) is 19.1 Å². The van der Waals surface area contributed by atoms with Crippen molar-refractivity contribution >= 4 is 23.6 Å². The summed E-state index contributed by atoms with van der Waals surface area (Å²) in [6.45, 7) is 1.16. The van der Waals surface area contributed by atoms with Crippen LogP contribution in [0.1, 0.15) is 57.1 Å². The molecule has 42 heavy (non-hydrogen) atoms. The zero-order chi connectivity index (χ0) is 29.6. The van der Waals surface area contributed by atoms with E-state index in [2.05, 4.69) is 20.7 Å². The molecule has 5 rings (SSSR count). The molecule has 2 aliphatic rings. The number of rotatable bonds is 4. The summed E-state index contributed by atoms with van der Waals surface area (Å²) in [5, 5.41) is 10.5. The average molecular weight is 575 g/mol. The van der Waals surface area contributed by atoms with Crippen LogP contribution in [0.3, 0.4) is 0 Å². The number of fused-ring (bicyclic) bond motifs is 1. The Kier molecular flexibility index (Phi) is 8.99. The third-order valence-corrected chi connectivity index (χ3v) is 8.04. The molecule has 12 nitrogen and oxygen atoms in total. The summed E-state index contributed by atoms with van der Waals surface area (Å²) in [5.41, 5.74) is 3.67. The van der Waals surface area contributed by atoms with Crippen molar-refractivity contribution in [3.05, 3.63) is 71.1 Å². The molecule has 222 valence electrons. The summed E-state index contributed by atoms with van der Waals surface area (Å²) < 4.78 is 3.39. The predicted octanol–water partition coefficient (Wildman–Crippen LogP) is 0.864. The number of aromatic nitrogens is 4. The summed E-state index contributed by atoms with van der Waals surface area (Å²) in [5.74, 6) is -0.893. The standard InChI is InChI=1S/C30H38N8O4/c1-35-20-31-18-25(35)30(42)37-14-6-9-27(40)38(15-12-21-7-4-3-5-8-21)19-26(39)33-22-10-11-24-23(17-22)28(34-36(24)2)29(41)32-13-16-37/h3-5,7-8,18,20,22H,6,9-17,19H2,1-2H3,(H,32,41)(H,33,39). The van der Waals surface area contributed by atoms with E-state index < -0.39 is 0 Å². The molecule has 0 spiro atoms. The van der Waals surface area contributed by atoms with E-state index in [0.29, 0.717) is 50.2 Å². The summed E-state index contributed by atoms with van der Waals surface area (Å²) in [6.07, 6.45) is 6.19. The maximum absolute atomic E-state index is 13.4. The van der Waals surface area contributed by atoms with Gasteiger partial charge in [0.1, 0.15) is 5.69 Å². The molecule has 12 heteroatoms. The molecular formula is C30H38N8O4. The number of benzene rings is 1. The van der Waals surface area contributed by atoms with Gasteiger partial charge in [-0.05, 0) is 37.7 Å². The van der Waals surface area contributed by atoms with Gasteiger partial charge in [0.25, 0.3) is 11.8 Å². The molecule has 1 aliphatic heterocycles. The van der Waals surface area contributed by atoms with E-state index in [1.807, 2.05) is 37.4 Å². The lowest BCUT2D eigenvalue weighted by molar-refractivity contribution is -0.136. The Hall–Kier alpha value is -4.48. The van der Waals surface area contributed by atoms with Crippen molar-refractivity contribution in [3.8, 4) is 0 Å². The summed E-state index contributed by atoms with van der Waals surface area (Å²) in [6, 6.07) is 9.71. The third kappa shape index (κ3) is 6.69. The SMILES string of the molecule is Cn1cncc1C(=O)N1CCCC(=O)N(CCc2ccccc2)CC(=O)NC2CCc3c(c(nn3C)C(=O)NCC1)C2. The monoisotopic (exact) mass is 574 g/mol. The van der Waals surface area contributed by atoms with Crippen molar-refractivity contribution in [2.24, 2.45) is 14.1 Å². The lowest BCUT2D eigenvalue weighted by Gasteiger charge is -2.27. The van der Waals surface area contributed by atoms with E-state index in [1.165, 1.54) is 6.20 Å². The molecule has 2 N–H and O–H groups in total. The van der Waals surface area contributed by atoms with Gasteiger partial charge >= 0.3 is 0 Å². The largest absolute Gasteiger partial charge is 0.351 e. The molecule has 2 bridgehead atoms. The van der Waals surface area contributed by atoms with Gasteiger partial charge in [-0.25, -0.2) is 4.98 Å². The van der Waals surface area contributed by atoms with Crippen LogP contribution in [0.4, 0.5) is 0 Å². The number of nitrogens with zero attached hydrogens (tertiary/aromatic N) is 6. The molecule has 1 aliphatic carbocycles. The molecule has 3 aromatic rings. The first-order chi connectivity index (χ1) is 20.3. The van der Waals surface area contributed by atoms with Gasteiger partial charge < -0.3 is 25.0 Å². The molecule has 1 unspecified atom stereocenters. The Morgan fingerprint density at radius 2 is 1.88 bits per heavy atom. The van der Waals surface area contributed by atoms with Crippen LogP contribution in [0.15, 0.2) is 42.9 Å². The van der Waals surface area contributed by atoms with Crippen LogP contribution in [0, 0.1) is 0 Å². The lowest BCUT2D eigenvalue weighted by atomic mass is 9.91. The topological polar surface area (TPSA) is 134 Å². The molecule has 0 saturated heterocycles. The van der Waals surface area contributed by atoms with Crippen molar-refractivity contribution in [3.63, 3.8) is 0 Å². The minimum absolute atomic E-state index is 0.0485. The van der Waals surface area contributed by atoms with E-state index in [4.69, 9.17) is 0 Å². The lowest BCUT2D eigenvalue weighted by Crippen LogP contribution is -2.46. The molecule has 1 atom stereocenters. The summed E-state index contributed by atoms with van der Waals surface area (Å²) in [4.78, 5) is 60.5. The number of hydrogen-bond donors (Lipinski definition) is 2. The first-order valence-electron chi connectivity index (χ1n) is 14.5. The first kappa shape index (κ1) is 29.0. The molecule has 2 aromatic heterocycles. The Morgan fingerprint density at radius 3 is 2.64 bits per heavy atom. The second kappa shape index (κ2) is 13.0. The molecule has 0 fully saturated rings. The van der Waals surface area contributed by atoms with Crippen LogP contribution in [-0.2, 0) is 42.9 Å². The molecule has 0 radical (unpaired) electrons. The van der Waals surface area contributed by atoms with Gasteiger partial charge in [-0.15, -0.1) is 0 Å². The molecule has 1 aromatic carbocycles. The van der Waals surface area contributed by atoms with Gasteiger partial charge in [0.2, 0.25) is 11.8 Å². The fourth-order valence-electron chi connectivity index (χ4n) is 5.75. The number of carbonyl (C=O) groups excluding carboxylic acids is 4. The van der Waals surface area contributed by atoms with Crippen LogP contribution < -0.4 is 10.6 Å². The quantitative estimate of drug-likeness (QED) is 0.475. The average Bonchev–Trinajstić information content (AvgIpc) is 3.56. The molecular weight excluding hydrogens is 536 g/mol. The Labute approximate surface area is 245 Å². The van der Waals surface area contributed by atoms with Crippen LogP contribution in [0.25, 0.3) is 0 Å². The van der Waals surface area contributed by atoms with E-state index in [0.717, 1.165) is 23.2 Å².